The van der Waals surface area contributed by atoms with Crippen LogP contribution < -0.4 is 29.1 Å². The molecule has 0 heterocycles. The zero-order chi connectivity index (χ0) is 20.7. The first-order chi connectivity index (χ1) is 13.5. The van der Waals surface area contributed by atoms with Crippen molar-refractivity contribution in [1.82, 2.24) is 5.43 Å². The van der Waals surface area contributed by atoms with Crippen LogP contribution in [0.4, 0.5) is 0 Å². The number of benzene rings is 2. The third-order valence-corrected chi connectivity index (χ3v) is 3.81. The number of methoxy groups -OCH3 is 5. The van der Waals surface area contributed by atoms with Crippen LogP contribution in [0.25, 0.3) is 0 Å². The van der Waals surface area contributed by atoms with E-state index < -0.39 is 5.91 Å². The van der Waals surface area contributed by atoms with Gasteiger partial charge in [0, 0.05) is 11.1 Å². The van der Waals surface area contributed by atoms with Crippen LogP contribution in [-0.4, -0.2) is 52.8 Å². The summed E-state index contributed by atoms with van der Waals surface area (Å²) in [5.74, 6) is 0.923. The van der Waals surface area contributed by atoms with Crippen LogP contribution in [0, 0.1) is 0 Å². The molecule has 2 aromatic rings. The summed E-state index contributed by atoms with van der Waals surface area (Å²) in [6.07, 6.45) is 1.39. The van der Waals surface area contributed by atoms with Gasteiger partial charge in [0.15, 0.2) is 23.0 Å². The van der Waals surface area contributed by atoms with E-state index in [1.165, 1.54) is 53.9 Å². The van der Waals surface area contributed by atoms with Gasteiger partial charge >= 0.3 is 0 Å². The van der Waals surface area contributed by atoms with Gasteiger partial charge in [-0.2, -0.15) is 5.10 Å². The van der Waals surface area contributed by atoms with Gasteiger partial charge in [-0.25, -0.2) is 5.43 Å². The minimum Gasteiger partial charge on any atom is -0.502 e. The van der Waals surface area contributed by atoms with E-state index in [0.29, 0.717) is 22.8 Å². The minimum atomic E-state index is -0.479. The third kappa shape index (κ3) is 4.37. The summed E-state index contributed by atoms with van der Waals surface area (Å²) in [6, 6.07) is 6.12. The summed E-state index contributed by atoms with van der Waals surface area (Å²) < 4.78 is 25.8. The molecule has 9 nitrogen and oxygen atoms in total. The van der Waals surface area contributed by atoms with Gasteiger partial charge in [-0.05, 0) is 24.3 Å². The van der Waals surface area contributed by atoms with Crippen LogP contribution >= 0.6 is 0 Å². The van der Waals surface area contributed by atoms with Gasteiger partial charge in [0.25, 0.3) is 5.91 Å². The number of carbonyl (C=O) groups excluding carboxylic acids is 1. The van der Waals surface area contributed by atoms with Gasteiger partial charge in [-0.3, -0.25) is 4.79 Å². The highest BCUT2D eigenvalue weighted by molar-refractivity contribution is 5.96. The number of aromatic hydroxyl groups is 1. The Balaban J connectivity index is 2.22. The predicted molar refractivity (Wildman–Crippen MR) is 102 cm³/mol. The maximum Gasteiger partial charge on any atom is 0.271 e. The Kier molecular flexibility index (Phi) is 6.91. The number of phenolic OH excluding ortho intramolecular Hbond substituents is 1. The number of nitrogens with zero attached hydrogens (tertiary/aromatic N) is 1. The summed E-state index contributed by atoms with van der Waals surface area (Å²) in [5.41, 5.74) is 3.23. The lowest BCUT2D eigenvalue weighted by Gasteiger charge is -2.13. The number of nitrogens with one attached hydrogen (secondary N) is 1. The van der Waals surface area contributed by atoms with E-state index in [0.717, 1.165) is 0 Å². The van der Waals surface area contributed by atoms with Crippen molar-refractivity contribution in [1.29, 1.82) is 0 Å². The van der Waals surface area contributed by atoms with Gasteiger partial charge in [0.1, 0.15) is 0 Å². The molecular weight excluding hydrogens is 368 g/mol. The zero-order valence-corrected chi connectivity index (χ0v) is 16.2. The van der Waals surface area contributed by atoms with E-state index in [1.807, 2.05) is 0 Å². The largest absolute Gasteiger partial charge is 0.502 e. The highest BCUT2D eigenvalue weighted by atomic mass is 16.5. The number of carbonyl (C=O) groups is 1. The normalized spacial score (nSPS) is 10.5. The lowest BCUT2D eigenvalue weighted by molar-refractivity contribution is 0.0954. The molecule has 1 amide bonds. The molecule has 0 fully saturated rings. The van der Waals surface area contributed by atoms with Crippen molar-refractivity contribution in [3.05, 3.63) is 35.4 Å². The van der Waals surface area contributed by atoms with Gasteiger partial charge < -0.3 is 28.8 Å². The standard InChI is InChI=1S/C19H22N2O7/c1-24-13-6-11(7-14(25-2)17(13)22)10-20-21-19(23)12-8-15(26-3)18(28-5)16(9-12)27-4/h6-10,22H,1-5H3,(H,21,23)/b20-10-. The van der Waals surface area contributed by atoms with E-state index >= 15 is 0 Å². The first-order valence-electron chi connectivity index (χ1n) is 8.07. The molecule has 0 bridgehead atoms. The van der Waals surface area contributed by atoms with Crippen molar-refractivity contribution in [2.75, 3.05) is 35.5 Å². The van der Waals surface area contributed by atoms with E-state index in [4.69, 9.17) is 23.7 Å². The fourth-order valence-corrected chi connectivity index (χ4v) is 2.43. The molecule has 2 aromatic carbocycles. The van der Waals surface area contributed by atoms with E-state index in [9.17, 15) is 9.90 Å². The van der Waals surface area contributed by atoms with E-state index in [2.05, 4.69) is 10.5 Å². The molecule has 2 rings (SSSR count). The monoisotopic (exact) mass is 390 g/mol. The third-order valence-electron chi connectivity index (χ3n) is 3.81. The van der Waals surface area contributed by atoms with Crippen LogP contribution in [0.3, 0.4) is 0 Å². The quantitative estimate of drug-likeness (QED) is 0.525. The number of ether oxygens (including phenoxy) is 5. The molecule has 0 saturated heterocycles. The Morgan fingerprint density at radius 1 is 0.857 bits per heavy atom. The second kappa shape index (κ2) is 9.36. The summed E-state index contributed by atoms with van der Waals surface area (Å²) >= 11 is 0. The smallest absolute Gasteiger partial charge is 0.271 e. The molecule has 9 heteroatoms. The summed E-state index contributed by atoms with van der Waals surface area (Å²) in [4.78, 5) is 12.4. The lowest BCUT2D eigenvalue weighted by atomic mass is 10.1. The lowest BCUT2D eigenvalue weighted by Crippen LogP contribution is -2.18. The molecule has 0 radical (unpaired) electrons. The number of hydrazone groups is 1. The SMILES string of the molecule is COc1cc(/C=N\NC(=O)c2cc(OC)c(OC)c(OC)c2)cc(OC)c1O. The summed E-state index contributed by atoms with van der Waals surface area (Å²) in [5, 5.41) is 13.8. The first-order valence-corrected chi connectivity index (χ1v) is 8.07. The molecule has 150 valence electrons. The molecule has 0 aliphatic heterocycles. The van der Waals surface area contributed by atoms with Gasteiger partial charge in [-0.15, -0.1) is 0 Å². The minimum absolute atomic E-state index is 0.122. The maximum atomic E-state index is 12.4. The number of amides is 1. The fourth-order valence-electron chi connectivity index (χ4n) is 2.43. The second-order valence-electron chi connectivity index (χ2n) is 5.39. The highest BCUT2D eigenvalue weighted by Gasteiger charge is 2.17. The average Bonchev–Trinajstić information content (AvgIpc) is 2.73. The maximum absolute atomic E-state index is 12.4. The molecule has 0 unspecified atom stereocenters. The Bertz CT molecular complexity index is 831. The Hall–Kier alpha value is -3.62. The molecule has 0 aromatic heterocycles. The number of phenols is 1. The number of hydrogen-bond acceptors (Lipinski definition) is 8. The fraction of sp³-hybridized carbons (Fsp3) is 0.263. The van der Waals surface area contributed by atoms with Gasteiger partial charge in [0.05, 0.1) is 41.8 Å². The summed E-state index contributed by atoms with van der Waals surface area (Å²) in [7, 11) is 7.24. The van der Waals surface area contributed by atoms with Crippen LogP contribution in [-0.2, 0) is 0 Å². The van der Waals surface area contributed by atoms with Crippen molar-refractivity contribution < 1.29 is 33.6 Å². The van der Waals surface area contributed by atoms with Crippen LogP contribution in [0.15, 0.2) is 29.4 Å². The molecule has 0 spiro atoms. The van der Waals surface area contributed by atoms with Crippen molar-refractivity contribution in [3.8, 4) is 34.5 Å². The Morgan fingerprint density at radius 2 is 1.36 bits per heavy atom. The van der Waals surface area contributed by atoms with Crippen LogP contribution in [0.1, 0.15) is 15.9 Å². The molecule has 0 atom stereocenters. The zero-order valence-electron chi connectivity index (χ0n) is 16.2. The van der Waals surface area contributed by atoms with Crippen molar-refractivity contribution >= 4 is 12.1 Å². The molecule has 2 N–H and O–H groups in total. The second-order valence-corrected chi connectivity index (χ2v) is 5.39. The highest BCUT2D eigenvalue weighted by Crippen LogP contribution is 2.38. The molecular formula is C19H22N2O7. The van der Waals surface area contributed by atoms with Gasteiger partial charge in [-0.1, -0.05) is 0 Å². The van der Waals surface area contributed by atoms with Crippen molar-refractivity contribution in [2.45, 2.75) is 0 Å². The van der Waals surface area contributed by atoms with Crippen LogP contribution in [0.2, 0.25) is 0 Å². The van der Waals surface area contributed by atoms with E-state index in [-0.39, 0.29) is 22.8 Å². The Morgan fingerprint density at radius 3 is 1.79 bits per heavy atom. The van der Waals surface area contributed by atoms with Crippen molar-refractivity contribution in [3.63, 3.8) is 0 Å². The number of hydrogen-bond donors (Lipinski definition) is 2. The van der Waals surface area contributed by atoms with Crippen molar-refractivity contribution in [2.24, 2.45) is 5.10 Å². The first kappa shape index (κ1) is 20.7. The Labute approximate surface area is 162 Å². The summed E-state index contributed by atoms with van der Waals surface area (Å²) in [6.45, 7) is 0. The topological polar surface area (TPSA) is 108 Å². The molecule has 0 aliphatic rings. The molecule has 0 saturated carbocycles. The van der Waals surface area contributed by atoms with Gasteiger partial charge in [0.2, 0.25) is 11.5 Å². The number of rotatable bonds is 8. The van der Waals surface area contributed by atoms with Crippen LogP contribution in [0.5, 0.6) is 34.5 Å². The predicted octanol–water partition coefficient (Wildman–Crippen LogP) is 2.20. The average molecular weight is 390 g/mol. The molecule has 28 heavy (non-hydrogen) atoms. The molecule has 0 aliphatic carbocycles. The van der Waals surface area contributed by atoms with E-state index in [1.54, 1.807) is 12.1 Å².